The maximum absolute atomic E-state index is 11.1. The molecule has 6 nitrogen and oxygen atoms in total. The lowest BCUT2D eigenvalue weighted by atomic mass is 10.1. The highest BCUT2D eigenvalue weighted by atomic mass is 32.2. The molecule has 3 N–H and O–H groups in total. The fraction of sp³-hybridized carbons (Fsp3) is 0.769. The maximum Gasteiger partial charge on any atom is 0.265 e. The molecule has 1 atom stereocenters. The zero-order valence-electron chi connectivity index (χ0n) is 12.8. The third-order valence-corrected chi connectivity index (χ3v) is 4.89. The normalized spacial score (nSPS) is 15.2. The monoisotopic (exact) mass is 307 g/mol. The number of hydrogen-bond donors (Lipinski definition) is 2. The Morgan fingerprint density at radius 1 is 1.35 bits per heavy atom. The smallest absolute Gasteiger partial charge is 0.265 e. The van der Waals surface area contributed by atoms with Crippen LogP contribution in [-0.4, -0.2) is 54.8 Å². The standard InChI is InChI=1S/C13H26N2O4S/c1-5-15(6-2,9-7-11(3)13(14)16)12(4)8-10-20(17,18)19/h7,12H,5-6,8-10H2,1-4H3,(H2-,14,16,17,18,19)/p+1. The zero-order chi connectivity index (χ0) is 16.0. The second-order valence-corrected chi connectivity index (χ2v) is 6.78. The molecule has 20 heavy (non-hydrogen) atoms. The lowest BCUT2D eigenvalue weighted by Gasteiger charge is -2.41. The highest BCUT2D eigenvalue weighted by Crippen LogP contribution is 2.18. The lowest BCUT2D eigenvalue weighted by Crippen LogP contribution is -2.54. The van der Waals surface area contributed by atoms with E-state index in [0.29, 0.717) is 23.0 Å². The van der Waals surface area contributed by atoms with E-state index in [4.69, 9.17) is 10.3 Å². The molecule has 0 spiro atoms. The second-order valence-electron chi connectivity index (χ2n) is 5.21. The molecule has 1 unspecified atom stereocenters. The van der Waals surface area contributed by atoms with Crippen molar-refractivity contribution < 1.29 is 22.2 Å². The van der Waals surface area contributed by atoms with Gasteiger partial charge < -0.3 is 10.2 Å². The summed E-state index contributed by atoms with van der Waals surface area (Å²) in [5, 5.41) is 0. The van der Waals surface area contributed by atoms with Crippen LogP contribution in [0.1, 0.15) is 34.1 Å². The Bertz CT molecular complexity index is 453. The Balaban J connectivity index is 4.99. The van der Waals surface area contributed by atoms with Crippen LogP contribution in [0.2, 0.25) is 0 Å². The molecule has 0 aromatic rings. The van der Waals surface area contributed by atoms with Gasteiger partial charge in [-0.15, -0.1) is 0 Å². The molecule has 0 heterocycles. The van der Waals surface area contributed by atoms with Crippen molar-refractivity contribution in [1.29, 1.82) is 0 Å². The van der Waals surface area contributed by atoms with Crippen LogP contribution in [0.5, 0.6) is 0 Å². The van der Waals surface area contributed by atoms with Crippen molar-refractivity contribution in [2.75, 3.05) is 25.4 Å². The zero-order valence-corrected chi connectivity index (χ0v) is 13.6. The van der Waals surface area contributed by atoms with Gasteiger partial charge in [-0.3, -0.25) is 9.35 Å². The van der Waals surface area contributed by atoms with E-state index >= 15 is 0 Å². The van der Waals surface area contributed by atoms with Crippen molar-refractivity contribution in [2.45, 2.75) is 40.2 Å². The predicted molar refractivity (Wildman–Crippen MR) is 79.7 cm³/mol. The van der Waals surface area contributed by atoms with Gasteiger partial charge in [-0.1, -0.05) is 0 Å². The Morgan fingerprint density at radius 2 is 1.85 bits per heavy atom. The van der Waals surface area contributed by atoms with Crippen molar-refractivity contribution in [3.05, 3.63) is 11.6 Å². The van der Waals surface area contributed by atoms with E-state index in [1.165, 1.54) is 0 Å². The van der Waals surface area contributed by atoms with Crippen LogP contribution < -0.4 is 5.73 Å². The SMILES string of the molecule is CC[N+](CC)(CC=C(C)C(N)=O)C(C)CCS(=O)(=O)O. The first kappa shape index (κ1) is 19.1. The van der Waals surface area contributed by atoms with Gasteiger partial charge >= 0.3 is 0 Å². The molecule has 0 aromatic heterocycles. The van der Waals surface area contributed by atoms with Crippen LogP contribution in [0.4, 0.5) is 0 Å². The van der Waals surface area contributed by atoms with Crippen molar-refractivity contribution in [1.82, 2.24) is 0 Å². The van der Waals surface area contributed by atoms with Crippen LogP contribution in [0, 0.1) is 0 Å². The molecule has 0 bridgehead atoms. The van der Waals surface area contributed by atoms with Gasteiger partial charge in [0, 0.05) is 12.0 Å². The van der Waals surface area contributed by atoms with Crippen molar-refractivity contribution in [3.8, 4) is 0 Å². The number of nitrogens with two attached hydrogens (primary N) is 1. The van der Waals surface area contributed by atoms with E-state index in [0.717, 1.165) is 13.1 Å². The number of quaternary nitrogens is 1. The molecule has 0 saturated heterocycles. The molecule has 0 radical (unpaired) electrons. The van der Waals surface area contributed by atoms with E-state index in [-0.39, 0.29) is 11.8 Å². The van der Waals surface area contributed by atoms with Gasteiger partial charge in [-0.05, 0) is 33.8 Å². The third kappa shape index (κ3) is 6.02. The first-order valence-corrected chi connectivity index (χ1v) is 8.46. The Labute approximate surface area is 122 Å². The summed E-state index contributed by atoms with van der Waals surface area (Å²) in [7, 11) is -3.94. The van der Waals surface area contributed by atoms with E-state index in [9.17, 15) is 13.2 Å². The molecule has 1 amide bonds. The van der Waals surface area contributed by atoms with Gasteiger partial charge in [0.1, 0.15) is 0 Å². The molecular weight excluding hydrogens is 280 g/mol. The van der Waals surface area contributed by atoms with Gasteiger partial charge in [-0.2, -0.15) is 8.42 Å². The summed E-state index contributed by atoms with van der Waals surface area (Å²) in [5.41, 5.74) is 5.72. The van der Waals surface area contributed by atoms with Crippen LogP contribution >= 0.6 is 0 Å². The molecule has 118 valence electrons. The number of rotatable bonds is 9. The number of likely N-dealkylation sites (N-methyl/N-ethyl adjacent to an activating group) is 1. The summed E-state index contributed by atoms with van der Waals surface area (Å²) in [5.74, 6) is -0.687. The number of amides is 1. The van der Waals surface area contributed by atoms with Crippen molar-refractivity contribution in [3.63, 3.8) is 0 Å². The lowest BCUT2D eigenvalue weighted by molar-refractivity contribution is -0.941. The third-order valence-electron chi connectivity index (χ3n) is 4.14. The summed E-state index contributed by atoms with van der Waals surface area (Å²) in [6.07, 6.45) is 2.18. The maximum atomic E-state index is 11.1. The largest absolute Gasteiger partial charge is 0.366 e. The number of carbonyl (C=O) groups is 1. The minimum atomic E-state index is -3.94. The quantitative estimate of drug-likeness (QED) is 0.376. The van der Waals surface area contributed by atoms with Crippen LogP contribution in [-0.2, 0) is 14.9 Å². The molecule has 0 aliphatic carbocycles. The fourth-order valence-electron chi connectivity index (χ4n) is 2.30. The summed E-state index contributed by atoms with van der Waals surface area (Å²) in [6.45, 7) is 9.93. The highest BCUT2D eigenvalue weighted by Gasteiger charge is 2.30. The van der Waals surface area contributed by atoms with Gasteiger partial charge in [0.25, 0.3) is 10.1 Å². The number of primary amides is 1. The molecular formula is C13H27N2O4S+. The van der Waals surface area contributed by atoms with E-state index in [2.05, 4.69) is 0 Å². The first-order valence-electron chi connectivity index (χ1n) is 6.85. The summed E-state index contributed by atoms with van der Waals surface area (Å²) >= 11 is 0. The van der Waals surface area contributed by atoms with E-state index in [1.807, 2.05) is 20.8 Å². The molecule has 0 aliphatic heterocycles. The van der Waals surface area contributed by atoms with Crippen LogP contribution in [0.3, 0.4) is 0 Å². The van der Waals surface area contributed by atoms with Gasteiger partial charge in [0.2, 0.25) is 5.91 Å². The molecule has 0 aliphatic rings. The first-order chi connectivity index (χ1) is 9.08. The minimum Gasteiger partial charge on any atom is -0.366 e. The van der Waals surface area contributed by atoms with Crippen LogP contribution in [0.25, 0.3) is 0 Å². The van der Waals surface area contributed by atoms with Crippen LogP contribution in [0.15, 0.2) is 11.6 Å². The molecule has 7 heteroatoms. The fourth-order valence-corrected chi connectivity index (χ4v) is 2.94. The van der Waals surface area contributed by atoms with Crippen molar-refractivity contribution in [2.24, 2.45) is 5.73 Å². The highest BCUT2D eigenvalue weighted by molar-refractivity contribution is 7.85. The Hall–Kier alpha value is -0.920. The molecule has 0 aromatic carbocycles. The molecule has 0 fully saturated rings. The average molecular weight is 307 g/mol. The molecule has 0 saturated carbocycles. The Morgan fingerprint density at radius 3 is 2.20 bits per heavy atom. The second kappa shape index (κ2) is 7.75. The molecule has 0 rings (SSSR count). The van der Waals surface area contributed by atoms with Crippen molar-refractivity contribution >= 4 is 16.0 Å². The van der Waals surface area contributed by atoms with Gasteiger partial charge in [-0.25, -0.2) is 0 Å². The Kier molecular flexibility index (Phi) is 7.40. The summed E-state index contributed by atoms with van der Waals surface area (Å²) in [6, 6.07) is 0.0591. The number of hydrogen-bond acceptors (Lipinski definition) is 3. The van der Waals surface area contributed by atoms with Gasteiger partial charge in [0.05, 0.1) is 31.4 Å². The topological polar surface area (TPSA) is 97.5 Å². The summed E-state index contributed by atoms with van der Waals surface area (Å²) in [4.78, 5) is 11.1. The van der Waals surface area contributed by atoms with E-state index < -0.39 is 16.0 Å². The minimum absolute atomic E-state index is 0.0591. The average Bonchev–Trinajstić information content (AvgIpc) is 2.36. The summed E-state index contributed by atoms with van der Waals surface area (Å²) < 4.78 is 31.3. The van der Waals surface area contributed by atoms with Gasteiger partial charge in [0.15, 0.2) is 0 Å². The predicted octanol–water partition coefficient (Wildman–Crippen LogP) is 0.941. The number of carbonyl (C=O) groups excluding carboxylic acids is 1. The number of nitrogens with zero attached hydrogens (tertiary/aromatic N) is 1. The van der Waals surface area contributed by atoms with E-state index in [1.54, 1.807) is 13.0 Å².